The Morgan fingerprint density at radius 2 is 2.10 bits per heavy atom. The smallest absolute Gasteiger partial charge is 0.410 e. The number of hydrogen-bond acceptors (Lipinski definition) is 4. The molecule has 2 aliphatic heterocycles. The van der Waals surface area contributed by atoms with E-state index in [1.54, 1.807) is 4.90 Å². The van der Waals surface area contributed by atoms with Gasteiger partial charge in [0.05, 0.1) is 18.1 Å². The Morgan fingerprint density at radius 3 is 2.70 bits per heavy atom. The van der Waals surface area contributed by atoms with E-state index in [0.29, 0.717) is 39.0 Å². The molecule has 114 valence electrons. The van der Waals surface area contributed by atoms with Crippen LogP contribution in [0.2, 0.25) is 0 Å². The predicted octanol–water partition coefficient (Wildman–Crippen LogP) is 1.88. The molecule has 0 aliphatic carbocycles. The zero-order valence-corrected chi connectivity index (χ0v) is 12.3. The highest BCUT2D eigenvalue weighted by atomic mass is 16.6. The number of nitrogens with zero attached hydrogens (tertiary/aromatic N) is 1. The first-order valence-electron chi connectivity index (χ1n) is 7.05. The van der Waals surface area contributed by atoms with Crippen molar-refractivity contribution < 1.29 is 24.2 Å². The second-order valence-electron chi connectivity index (χ2n) is 6.71. The topological polar surface area (TPSA) is 76.1 Å². The number of amides is 1. The minimum absolute atomic E-state index is 0.351. The fraction of sp³-hybridized carbons (Fsp3) is 0.857. The molecule has 2 heterocycles. The molecule has 0 aromatic carbocycles. The summed E-state index contributed by atoms with van der Waals surface area (Å²) in [6.07, 6.45) is 1.34. The number of carbonyl (C=O) groups is 2. The Balaban J connectivity index is 1.97. The summed E-state index contributed by atoms with van der Waals surface area (Å²) < 4.78 is 11.1. The lowest BCUT2D eigenvalue weighted by Crippen LogP contribution is -2.45. The maximum Gasteiger partial charge on any atom is 0.410 e. The van der Waals surface area contributed by atoms with Crippen LogP contribution in [-0.2, 0) is 14.3 Å². The van der Waals surface area contributed by atoms with Gasteiger partial charge in [0.2, 0.25) is 0 Å². The van der Waals surface area contributed by atoms with Crippen molar-refractivity contribution in [3.05, 3.63) is 0 Å². The van der Waals surface area contributed by atoms with Gasteiger partial charge in [0.15, 0.2) is 0 Å². The number of carbonyl (C=O) groups excluding carboxylic acids is 1. The molecule has 1 spiro atoms. The summed E-state index contributed by atoms with van der Waals surface area (Å²) in [5.74, 6) is -1.15. The van der Waals surface area contributed by atoms with E-state index >= 15 is 0 Å². The predicted molar refractivity (Wildman–Crippen MR) is 71.5 cm³/mol. The molecule has 2 rings (SSSR count). The van der Waals surface area contributed by atoms with Crippen LogP contribution in [0.4, 0.5) is 4.79 Å². The van der Waals surface area contributed by atoms with Crippen LogP contribution < -0.4 is 0 Å². The molecule has 2 aliphatic rings. The van der Waals surface area contributed by atoms with Crippen molar-refractivity contribution in [2.75, 3.05) is 19.7 Å². The van der Waals surface area contributed by atoms with Crippen LogP contribution >= 0.6 is 0 Å². The molecule has 0 saturated carbocycles. The highest BCUT2D eigenvalue weighted by Gasteiger charge is 2.46. The van der Waals surface area contributed by atoms with Gasteiger partial charge in [-0.15, -0.1) is 0 Å². The minimum atomic E-state index is -0.775. The first-order valence-corrected chi connectivity index (χ1v) is 7.05. The van der Waals surface area contributed by atoms with Gasteiger partial charge in [0.25, 0.3) is 0 Å². The normalized spacial score (nSPS) is 30.6. The third kappa shape index (κ3) is 3.42. The lowest BCUT2D eigenvalue weighted by atomic mass is 9.85. The third-order valence-corrected chi connectivity index (χ3v) is 3.81. The SMILES string of the molecule is CC(C)(C)OC(=O)N1CCC2(CC(C(=O)O)CCO2)C1. The molecule has 2 atom stereocenters. The quantitative estimate of drug-likeness (QED) is 0.796. The fourth-order valence-corrected chi connectivity index (χ4v) is 2.85. The maximum atomic E-state index is 12.0. The summed E-state index contributed by atoms with van der Waals surface area (Å²) in [5.41, 5.74) is -1.03. The number of carboxylic acid groups (broad SMARTS) is 1. The summed E-state index contributed by atoms with van der Waals surface area (Å²) in [7, 11) is 0. The Hall–Kier alpha value is -1.30. The summed E-state index contributed by atoms with van der Waals surface area (Å²) in [5, 5.41) is 9.15. The van der Waals surface area contributed by atoms with Crippen molar-refractivity contribution in [1.82, 2.24) is 4.90 Å². The van der Waals surface area contributed by atoms with Crippen LogP contribution in [0.3, 0.4) is 0 Å². The van der Waals surface area contributed by atoms with Crippen LogP contribution in [0.5, 0.6) is 0 Å². The van der Waals surface area contributed by atoms with Gasteiger partial charge in [-0.1, -0.05) is 0 Å². The van der Waals surface area contributed by atoms with E-state index in [4.69, 9.17) is 14.6 Å². The average Bonchev–Trinajstić information content (AvgIpc) is 2.71. The van der Waals surface area contributed by atoms with Crippen molar-refractivity contribution in [3.63, 3.8) is 0 Å². The summed E-state index contributed by atoms with van der Waals surface area (Å²) >= 11 is 0. The van der Waals surface area contributed by atoms with E-state index < -0.39 is 17.2 Å². The Labute approximate surface area is 119 Å². The van der Waals surface area contributed by atoms with Crippen LogP contribution in [0.25, 0.3) is 0 Å². The molecule has 1 amide bonds. The molecule has 0 aromatic rings. The average molecular weight is 285 g/mol. The maximum absolute atomic E-state index is 12.0. The summed E-state index contributed by atoms with van der Waals surface area (Å²) in [6.45, 7) is 6.91. The van der Waals surface area contributed by atoms with E-state index in [0.717, 1.165) is 0 Å². The first kappa shape index (κ1) is 15.1. The standard InChI is InChI=1S/C14H23NO5/c1-13(2,3)20-12(18)15-6-5-14(9-15)8-10(11(16)17)4-7-19-14/h10H,4-9H2,1-3H3,(H,16,17). The van der Waals surface area contributed by atoms with Crippen molar-refractivity contribution >= 4 is 12.1 Å². The van der Waals surface area contributed by atoms with Gasteiger partial charge < -0.3 is 19.5 Å². The number of hydrogen-bond donors (Lipinski definition) is 1. The second kappa shape index (κ2) is 5.24. The fourth-order valence-electron chi connectivity index (χ4n) is 2.85. The molecule has 0 radical (unpaired) electrons. The van der Waals surface area contributed by atoms with Gasteiger partial charge in [0.1, 0.15) is 5.60 Å². The highest BCUT2D eigenvalue weighted by molar-refractivity contribution is 5.71. The van der Waals surface area contributed by atoms with Gasteiger partial charge in [0, 0.05) is 13.2 Å². The van der Waals surface area contributed by atoms with E-state index in [1.807, 2.05) is 20.8 Å². The van der Waals surface area contributed by atoms with Crippen molar-refractivity contribution in [3.8, 4) is 0 Å². The molecule has 6 nitrogen and oxygen atoms in total. The number of aliphatic carboxylic acids is 1. The van der Waals surface area contributed by atoms with E-state index in [9.17, 15) is 9.59 Å². The summed E-state index contributed by atoms with van der Waals surface area (Å²) in [4.78, 5) is 24.8. The van der Waals surface area contributed by atoms with Crippen LogP contribution in [0.15, 0.2) is 0 Å². The molecular weight excluding hydrogens is 262 g/mol. The Morgan fingerprint density at radius 1 is 1.40 bits per heavy atom. The second-order valence-corrected chi connectivity index (χ2v) is 6.71. The van der Waals surface area contributed by atoms with Gasteiger partial charge in [-0.25, -0.2) is 4.79 Å². The van der Waals surface area contributed by atoms with E-state index in [2.05, 4.69) is 0 Å². The Kier molecular flexibility index (Phi) is 3.95. The molecule has 20 heavy (non-hydrogen) atoms. The lowest BCUT2D eigenvalue weighted by Gasteiger charge is -2.36. The molecule has 2 saturated heterocycles. The minimum Gasteiger partial charge on any atom is -0.481 e. The molecule has 2 unspecified atom stereocenters. The zero-order chi connectivity index (χ0) is 15.0. The van der Waals surface area contributed by atoms with Gasteiger partial charge in [-0.2, -0.15) is 0 Å². The summed E-state index contributed by atoms with van der Waals surface area (Å²) in [6, 6.07) is 0. The molecule has 6 heteroatoms. The molecule has 2 fully saturated rings. The Bertz CT molecular complexity index is 403. The van der Waals surface area contributed by atoms with Crippen molar-refractivity contribution in [2.24, 2.45) is 5.92 Å². The van der Waals surface area contributed by atoms with Crippen molar-refractivity contribution in [1.29, 1.82) is 0 Å². The van der Waals surface area contributed by atoms with Gasteiger partial charge in [-0.3, -0.25) is 4.79 Å². The van der Waals surface area contributed by atoms with E-state index in [-0.39, 0.29) is 12.0 Å². The van der Waals surface area contributed by atoms with E-state index in [1.165, 1.54) is 0 Å². The van der Waals surface area contributed by atoms with Crippen LogP contribution in [0.1, 0.15) is 40.0 Å². The highest BCUT2D eigenvalue weighted by Crippen LogP contribution is 2.37. The number of likely N-dealkylation sites (tertiary alicyclic amines) is 1. The number of rotatable bonds is 1. The van der Waals surface area contributed by atoms with Crippen LogP contribution in [-0.4, -0.2) is 53.0 Å². The van der Waals surface area contributed by atoms with Gasteiger partial charge >= 0.3 is 12.1 Å². The number of ether oxygens (including phenoxy) is 2. The third-order valence-electron chi connectivity index (χ3n) is 3.81. The molecule has 0 aromatic heterocycles. The largest absolute Gasteiger partial charge is 0.481 e. The monoisotopic (exact) mass is 285 g/mol. The van der Waals surface area contributed by atoms with Crippen LogP contribution in [0, 0.1) is 5.92 Å². The lowest BCUT2D eigenvalue weighted by molar-refractivity contribution is -0.153. The molecule has 0 bridgehead atoms. The van der Waals surface area contributed by atoms with Crippen molar-refractivity contribution in [2.45, 2.75) is 51.2 Å². The molecule has 1 N–H and O–H groups in total. The first-order chi connectivity index (χ1) is 9.21. The zero-order valence-electron chi connectivity index (χ0n) is 12.3. The number of carboxylic acids is 1. The molecular formula is C14H23NO5. The van der Waals surface area contributed by atoms with Gasteiger partial charge in [-0.05, 0) is 40.0 Å².